The van der Waals surface area contributed by atoms with Crippen molar-refractivity contribution in [1.29, 1.82) is 0 Å². The van der Waals surface area contributed by atoms with Crippen LogP contribution >= 0.6 is 11.3 Å². The molecule has 0 amide bonds. The maximum atomic E-state index is 12.8. The van der Waals surface area contributed by atoms with E-state index in [-0.39, 0.29) is 5.56 Å². The van der Waals surface area contributed by atoms with Gasteiger partial charge in [-0.1, -0.05) is 23.5 Å². The van der Waals surface area contributed by atoms with Crippen molar-refractivity contribution in [3.05, 3.63) is 59.4 Å². The van der Waals surface area contributed by atoms with Crippen LogP contribution < -0.4 is 5.56 Å². The second-order valence-electron chi connectivity index (χ2n) is 4.98. The van der Waals surface area contributed by atoms with Crippen molar-refractivity contribution in [3.63, 3.8) is 0 Å². The molecule has 0 radical (unpaired) electrons. The highest BCUT2D eigenvalue weighted by atomic mass is 32.1. The van der Waals surface area contributed by atoms with E-state index < -0.39 is 0 Å². The van der Waals surface area contributed by atoms with Crippen molar-refractivity contribution >= 4 is 38.2 Å². The van der Waals surface area contributed by atoms with Crippen molar-refractivity contribution in [2.75, 3.05) is 0 Å². The van der Waals surface area contributed by atoms with Crippen LogP contribution in [0.4, 0.5) is 0 Å². The van der Waals surface area contributed by atoms with E-state index in [0.29, 0.717) is 21.8 Å². The molecular weight excluding hydrogens is 312 g/mol. The van der Waals surface area contributed by atoms with Crippen molar-refractivity contribution < 1.29 is 0 Å². The number of thiazole rings is 1. The molecule has 8 heteroatoms. The van der Waals surface area contributed by atoms with Gasteiger partial charge in [-0.2, -0.15) is 14.6 Å². The van der Waals surface area contributed by atoms with E-state index in [4.69, 9.17) is 0 Å². The summed E-state index contributed by atoms with van der Waals surface area (Å²) in [6.45, 7) is 0. The highest BCUT2D eigenvalue weighted by Gasteiger charge is 2.12. The molecule has 0 fully saturated rings. The van der Waals surface area contributed by atoms with Gasteiger partial charge in [0.15, 0.2) is 5.13 Å². The zero-order valence-corrected chi connectivity index (χ0v) is 12.4. The van der Waals surface area contributed by atoms with Crippen LogP contribution in [-0.2, 0) is 0 Å². The average Bonchev–Trinajstić information content (AvgIpc) is 3.21. The number of pyridine rings is 1. The van der Waals surface area contributed by atoms with E-state index in [1.54, 1.807) is 10.7 Å². The SMILES string of the molecule is O=c1c2cnc3ncnn3c2ccn1-c1nc2ccccc2s1. The second kappa shape index (κ2) is 4.43. The third-order valence-corrected chi connectivity index (χ3v) is 4.70. The van der Waals surface area contributed by atoms with Crippen molar-refractivity contribution in [2.24, 2.45) is 0 Å². The maximum absolute atomic E-state index is 12.8. The van der Waals surface area contributed by atoms with Crippen LogP contribution in [0.3, 0.4) is 0 Å². The molecule has 1 aromatic carbocycles. The molecule has 0 aliphatic heterocycles. The molecule has 5 aromatic rings. The van der Waals surface area contributed by atoms with Crippen LogP contribution in [0.2, 0.25) is 0 Å². The first kappa shape index (κ1) is 12.4. The van der Waals surface area contributed by atoms with E-state index in [1.165, 1.54) is 28.4 Å². The Labute approximate surface area is 132 Å². The molecule has 0 unspecified atom stereocenters. The van der Waals surface area contributed by atoms with Gasteiger partial charge in [-0.25, -0.2) is 9.97 Å². The van der Waals surface area contributed by atoms with Gasteiger partial charge in [0.1, 0.15) is 6.33 Å². The zero-order chi connectivity index (χ0) is 15.4. The third-order valence-electron chi connectivity index (χ3n) is 3.66. The molecular formula is C15H8N6OS. The smallest absolute Gasteiger partial charge is 0.267 e. The Hall–Kier alpha value is -3.13. The maximum Gasteiger partial charge on any atom is 0.267 e. The first-order valence-electron chi connectivity index (χ1n) is 6.87. The van der Waals surface area contributed by atoms with Gasteiger partial charge in [0.25, 0.3) is 11.3 Å². The molecule has 0 N–H and O–H groups in total. The van der Waals surface area contributed by atoms with Gasteiger partial charge in [0, 0.05) is 12.4 Å². The monoisotopic (exact) mass is 320 g/mol. The number of hydrogen-bond acceptors (Lipinski definition) is 6. The van der Waals surface area contributed by atoms with Gasteiger partial charge in [0.05, 0.1) is 21.1 Å². The fourth-order valence-corrected chi connectivity index (χ4v) is 3.53. The van der Waals surface area contributed by atoms with Crippen LogP contribution in [-0.4, -0.2) is 29.1 Å². The van der Waals surface area contributed by atoms with Gasteiger partial charge in [-0.15, -0.1) is 0 Å². The molecule has 0 saturated carbocycles. The van der Waals surface area contributed by atoms with Crippen LogP contribution in [0.5, 0.6) is 0 Å². The third kappa shape index (κ3) is 1.72. The Bertz CT molecular complexity index is 1220. The number of rotatable bonds is 1. The Morgan fingerprint density at radius 2 is 2.00 bits per heavy atom. The molecule has 0 aliphatic rings. The molecule has 5 rings (SSSR count). The second-order valence-corrected chi connectivity index (χ2v) is 5.99. The number of aromatic nitrogens is 6. The van der Waals surface area contributed by atoms with Gasteiger partial charge in [-0.3, -0.25) is 9.36 Å². The minimum absolute atomic E-state index is 0.175. The van der Waals surface area contributed by atoms with E-state index in [0.717, 1.165) is 10.2 Å². The summed E-state index contributed by atoms with van der Waals surface area (Å²) in [5.74, 6) is 0.467. The minimum Gasteiger partial charge on any atom is -0.268 e. The van der Waals surface area contributed by atoms with E-state index in [9.17, 15) is 4.79 Å². The summed E-state index contributed by atoms with van der Waals surface area (Å²) in [6, 6.07) is 9.64. The number of fused-ring (bicyclic) bond motifs is 4. The number of nitrogens with zero attached hydrogens (tertiary/aromatic N) is 6. The summed E-state index contributed by atoms with van der Waals surface area (Å²) in [7, 11) is 0. The van der Waals surface area contributed by atoms with Crippen LogP contribution in [0.25, 0.3) is 32.0 Å². The summed E-state index contributed by atoms with van der Waals surface area (Å²) in [4.78, 5) is 25.5. The molecule has 7 nitrogen and oxygen atoms in total. The number of para-hydroxylation sites is 1. The lowest BCUT2D eigenvalue weighted by Crippen LogP contribution is -2.18. The molecule has 23 heavy (non-hydrogen) atoms. The van der Waals surface area contributed by atoms with Crippen molar-refractivity contribution in [3.8, 4) is 5.13 Å². The molecule has 0 bridgehead atoms. The van der Waals surface area contributed by atoms with E-state index >= 15 is 0 Å². The Kier molecular flexibility index (Phi) is 2.39. The van der Waals surface area contributed by atoms with Gasteiger partial charge >= 0.3 is 0 Å². The van der Waals surface area contributed by atoms with Crippen LogP contribution in [0, 0.1) is 0 Å². The summed E-state index contributed by atoms with van der Waals surface area (Å²) in [5.41, 5.74) is 1.38. The van der Waals surface area contributed by atoms with Crippen molar-refractivity contribution in [2.45, 2.75) is 0 Å². The molecule has 4 heterocycles. The van der Waals surface area contributed by atoms with Crippen LogP contribution in [0.15, 0.2) is 53.8 Å². The fourth-order valence-electron chi connectivity index (χ4n) is 2.58. The first-order valence-corrected chi connectivity index (χ1v) is 7.69. The lowest BCUT2D eigenvalue weighted by Gasteiger charge is -2.04. The first-order chi connectivity index (χ1) is 11.3. The predicted molar refractivity (Wildman–Crippen MR) is 87.1 cm³/mol. The predicted octanol–water partition coefficient (Wildman–Crippen LogP) is 2.04. The zero-order valence-electron chi connectivity index (χ0n) is 11.6. The highest BCUT2D eigenvalue weighted by Crippen LogP contribution is 2.24. The van der Waals surface area contributed by atoms with Gasteiger partial charge in [-0.05, 0) is 18.2 Å². The summed E-state index contributed by atoms with van der Waals surface area (Å²) >= 11 is 1.48. The molecule has 0 spiro atoms. The Balaban J connectivity index is 1.83. The minimum atomic E-state index is -0.175. The van der Waals surface area contributed by atoms with E-state index in [2.05, 4.69) is 20.1 Å². The van der Waals surface area contributed by atoms with Gasteiger partial charge < -0.3 is 0 Å². The standard InChI is InChI=1S/C15H8N6OS/c22-13-9-7-16-14-17-8-18-21(14)11(9)5-6-20(13)15-19-10-3-1-2-4-12(10)23-15/h1-8H. The topological polar surface area (TPSA) is 78.0 Å². The lowest BCUT2D eigenvalue weighted by atomic mass is 10.3. The summed E-state index contributed by atoms with van der Waals surface area (Å²) < 4.78 is 4.14. The molecule has 0 aliphatic carbocycles. The van der Waals surface area contributed by atoms with Crippen molar-refractivity contribution in [1.82, 2.24) is 29.1 Å². The Morgan fingerprint density at radius 3 is 2.91 bits per heavy atom. The number of hydrogen-bond donors (Lipinski definition) is 0. The Morgan fingerprint density at radius 1 is 1.09 bits per heavy atom. The molecule has 4 aromatic heterocycles. The number of benzene rings is 1. The normalized spacial score (nSPS) is 11.7. The fraction of sp³-hybridized carbons (Fsp3) is 0. The molecule has 0 atom stereocenters. The van der Waals surface area contributed by atoms with Gasteiger partial charge in [0.2, 0.25) is 0 Å². The largest absolute Gasteiger partial charge is 0.268 e. The summed E-state index contributed by atoms with van der Waals surface area (Å²) in [5, 5.41) is 5.22. The van der Waals surface area contributed by atoms with Crippen LogP contribution in [0.1, 0.15) is 0 Å². The highest BCUT2D eigenvalue weighted by molar-refractivity contribution is 7.20. The molecule has 110 valence electrons. The average molecular weight is 320 g/mol. The molecule has 0 saturated heterocycles. The van der Waals surface area contributed by atoms with E-state index in [1.807, 2.05) is 30.3 Å². The quantitative estimate of drug-likeness (QED) is 0.472. The summed E-state index contributed by atoms with van der Waals surface area (Å²) in [6.07, 6.45) is 4.66. The lowest BCUT2D eigenvalue weighted by molar-refractivity contribution is 0.953.